The minimum atomic E-state index is -0.139. The topological polar surface area (TPSA) is 58.1 Å². The lowest BCUT2D eigenvalue weighted by molar-refractivity contribution is -0.114. The number of amides is 1. The van der Waals surface area contributed by atoms with Crippen LogP contribution in [-0.4, -0.2) is 22.4 Å². The molecule has 0 aliphatic carbocycles. The molecule has 6 heteroatoms. The highest BCUT2D eigenvalue weighted by atomic mass is 79.9. The number of nitrogens with one attached hydrogen (secondary N) is 1. The molecule has 0 bridgehead atoms. The van der Waals surface area contributed by atoms with Crippen molar-refractivity contribution in [3.05, 3.63) is 65.9 Å². The Bertz CT molecular complexity index is 942. The van der Waals surface area contributed by atoms with Crippen molar-refractivity contribution >= 4 is 49.9 Å². The van der Waals surface area contributed by atoms with Crippen LogP contribution in [0.4, 0.5) is 17.2 Å². The monoisotopic (exact) mass is 396 g/mol. The van der Waals surface area contributed by atoms with Crippen LogP contribution in [0.3, 0.4) is 0 Å². The summed E-state index contributed by atoms with van der Waals surface area (Å²) < 4.78 is 0.977. The zero-order chi connectivity index (χ0) is 17.8. The summed E-state index contributed by atoms with van der Waals surface area (Å²) >= 11 is 3.46. The fourth-order valence-corrected chi connectivity index (χ4v) is 2.99. The molecule has 0 aliphatic heterocycles. The van der Waals surface area contributed by atoms with Gasteiger partial charge in [-0.3, -0.25) is 4.79 Å². The molecule has 0 saturated heterocycles. The van der Waals surface area contributed by atoms with Gasteiger partial charge in [0.25, 0.3) is 0 Å². The number of benzene rings is 2. The van der Waals surface area contributed by atoms with Gasteiger partial charge in [0.2, 0.25) is 5.91 Å². The number of carbonyl (C=O) groups is 1. The first kappa shape index (κ1) is 17.1. The van der Waals surface area contributed by atoms with Crippen LogP contribution >= 0.6 is 15.9 Å². The minimum absolute atomic E-state index is 0.139. The smallest absolute Gasteiger partial charge is 0.250 e. The quantitative estimate of drug-likeness (QED) is 0.636. The lowest BCUT2D eigenvalue weighted by Crippen LogP contribution is -2.28. The van der Waals surface area contributed by atoms with Crippen LogP contribution in [0.15, 0.2) is 65.9 Å². The van der Waals surface area contributed by atoms with E-state index in [-0.39, 0.29) is 5.91 Å². The zero-order valence-corrected chi connectivity index (χ0v) is 15.3. The van der Waals surface area contributed by atoms with E-state index in [0.717, 1.165) is 26.8 Å². The van der Waals surface area contributed by atoms with Gasteiger partial charge in [0, 0.05) is 27.8 Å². The Balaban J connectivity index is 2.05. The van der Waals surface area contributed by atoms with Crippen molar-refractivity contribution in [1.29, 1.82) is 0 Å². The number of aromatic nitrogens is 2. The fraction of sp³-hybridized carbons (Fsp3) is 0.105. The summed E-state index contributed by atoms with van der Waals surface area (Å²) in [6.45, 7) is 6.04. The Morgan fingerprint density at radius 3 is 2.84 bits per heavy atom. The van der Waals surface area contributed by atoms with Crippen LogP contribution in [0.2, 0.25) is 0 Å². The SMILES string of the molecule is C=CC(=O)N(CC)c1ccc2ncnc(Nc3cccc(Br)c3)c2c1. The summed E-state index contributed by atoms with van der Waals surface area (Å²) in [7, 11) is 0. The van der Waals surface area contributed by atoms with E-state index in [1.54, 1.807) is 4.90 Å². The normalized spacial score (nSPS) is 10.5. The molecule has 0 aliphatic rings. The minimum Gasteiger partial charge on any atom is -0.340 e. The molecule has 0 saturated carbocycles. The summed E-state index contributed by atoms with van der Waals surface area (Å²) in [5, 5.41) is 4.15. The average Bonchev–Trinajstić information content (AvgIpc) is 2.62. The van der Waals surface area contributed by atoms with Crippen LogP contribution in [0.25, 0.3) is 10.9 Å². The van der Waals surface area contributed by atoms with Crippen LogP contribution in [0.1, 0.15) is 6.92 Å². The molecule has 1 aromatic heterocycles. The number of carbonyl (C=O) groups excluding carboxylic acids is 1. The zero-order valence-electron chi connectivity index (χ0n) is 13.7. The molecule has 1 heterocycles. The highest BCUT2D eigenvalue weighted by Crippen LogP contribution is 2.28. The van der Waals surface area contributed by atoms with E-state index in [2.05, 4.69) is 37.8 Å². The first-order chi connectivity index (χ1) is 12.1. The standard InChI is InChI=1S/C19H17BrN4O/c1-3-18(25)24(4-2)15-8-9-17-16(11-15)19(22-12-21-17)23-14-7-5-6-13(20)10-14/h3,5-12H,1,4H2,2H3,(H,21,22,23). The Kier molecular flexibility index (Phi) is 5.09. The van der Waals surface area contributed by atoms with E-state index >= 15 is 0 Å². The molecule has 1 N–H and O–H groups in total. The van der Waals surface area contributed by atoms with E-state index in [0.29, 0.717) is 12.4 Å². The lowest BCUT2D eigenvalue weighted by Gasteiger charge is -2.20. The van der Waals surface area contributed by atoms with Gasteiger partial charge in [0.05, 0.1) is 5.52 Å². The molecule has 0 radical (unpaired) electrons. The van der Waals surface area contributed by atoms with Gasteiger partial charge in [-0.2, -0.15) is 0 Å². The third kappa shape index (κ3) is 3.69. The summed E-state index contributed by atoms with van der Waals surface area (Å²) in [6.07, 6.45) is 2.84. The van der Waals surface area contributed by atoms with Crippen molar-refractivity contribution in [2.45, 2.75) is 6.92 Å². The van der Waals surface area contributed by atoms with Crippen LogP contribution in [0, 0.1) is 0 Å². The highest BCUT2D eigenvalue weighted by Gasteiger charge is 2.13. The molecule has 0 unspecified atom stereocenters. The van der Waals surface area contributed by atoms with Gasteiger partial charge >= 0.3 is 0 Å². The predicted molar refractivity (Wildman–Crippen MR) is 105 cm³/mol. The van der Waals surface area contributed by atoms with Crippen molar-refractivity contribution in [2.75, 3.05) is 16.8 Å². The second-order valence-corrected chi connectivity index (χ2v) is 6.26. The Morgan fingerprint density at radius 1 is 1.28 bits per heavy atom. The number of hydrogen-bond acceptors (Lipinski definition) is 4. The van der Waals surface area contributed by atoms with Gasteiger partial charge in [-0.1, -0.05) is 28.6 Å². The van der Waals surface area contributed by atoms with Crippen molar-refractivity contribution in [1.82, 2.24) is 9.97 Å². The third-order valence-electron chi connectivity index (χ3n) is 3.77. The third-order valence-corrected chi connectivity index (χ3v) is 4.27. The van der Waals surface area contributed by atoms with Crippen LogP contribution < -0.4 is 10.2 Å². The molecular formula is C19H17BrN4O. The Hall–Kier alpha value is -2.73. The maximum absolute atomic E-state index is 12.0. The average molecular weight is 397 g/mol. The first-order valence-corrected chi connectivity index (χ1v) is 8.63. The summed E-state index contributed by atoms with van der Waals surface area (Å²) in [4.78, 5) is 22.4. The van der Waals surface area contributed by atoms with Gasteiger partial charge < -0.3 is 10.2 Å². The molecule has 5 nitrogen and oxygen atoms in total. The molecule has 25 heavy (non-hydrogen) atoms. The van der Waals surface area contributed by atoms with E-state index in [1.807, 2.05) is 49.4 Å². The molecular weight excluding hydrogens is 380 g/mol. The maximum Gasteiger partial charge on any atom is 0.250 e. The first-order valence-electron chi connectivity index (χ1n) is 7.83. The van der Waals surface area contributed by atoms with Gasteiger partial charge in [-0.05, 0) is 49.4 Å². The molecule has 2 aromatic carbocycles. The Morgan fingerprint density at radius 2 is 2.12 bits per heavy atom. The van der Waals surface area contributed by atoms with Crippen molar-refractivity contribution in [2.24, 2.45) is 0 Å². The number of anilines is 3. The van der Waals surface area contributed by atoms with E-state index in [9.17, 15) is 4.79 Å². The van der Waals surface area contributed by atoms with Crippen molar-refractivity contribution < 1.29 is 4.79 Å². The summed E-state index contributed by atoms with van der Waals surface area (Å²) in [5.74, 6) is 0.548. The van der Waals surface area contributed by atoms with Crippen molar-refractivity contribution in [3.8, 4) is 0 Å². The van der Waals surface area contributed by atoms with E-state index < -0.39 is 0 Å². The van der Waals surface area contributed by atoms with Gasteiger partial charge in [0.15, 0.2) is 0 Å². The molecule has 3 rings (SSSR count). The fourth-order valence-electron chi connectivity index (χ4n) is 2.59. The highest BCUT2D eigenvalue weighted by molar-refractivity contribution is 9.10. The molecule has 0 atom stereocenters. The number of halogens is 1. The lowest BCUT2D eigenvalue weighted by atomic mass is 10.2. The van der Waals surface area contributed by atoms with E-state index in [1.165, 1.54) is 12.4 Å². The van der Waals surface area contributed by atoms with Gasteiger partial charge in [0.1, 0.15) is 12.1 Å². The van der Waals surface area contributed by atoms with Crippen LogP contribution in [-0.2, 0) is 4.79 Å². The molecule has 1 amide bonds. The molecule has 3 aromatic rings. The number of hydrogen-bond donors (Lipinski definition) is 1. The largest absolute Gasteiger partial charge is 0.340 e. The van der Waals surface area contributed by atoms with Gasteiger partial charge in [-0.25, -0.2) is 9.97 Å². The number of fused-ring (bicyclic) bond motifs is 1. The number of likely N-dealkylation sites (N-methyl/N-ethyl adjacent to an activating group) is 1. The maximum atomic E-state index is 12.0. The second kappa shape index (κ2) is 7.44. The van der Waals surface area contributed by atoms with Crippen LogP contribution in [0.5, 0.6) is 0 Å². The summed E-state index contributed by atoms with van der Waals surface area (Å²) in [6, 6.07) is 13.5. The second-order valence-electron chi connectivity index (χ2n) is 5.35. The molecule has 0 spiro atoms. The number of rotatable bonds is 5. The predicted octanol–water partition coefficient (Wildman–Crippen LogP) is 4.67. The molecule has 126 valence electrons. The Labute approximate surface area is 154 Å². The van der Waals surface area contributed by atoms with E-state index in [4.69, 9.17) is 0 Å². The van der Waals surface area contributed by atoms with Gasteiger partial charge in [-0.15, -0.1) is 0 Å². The molecule has 0 fully saturated rings. The van der Waals surface area contributed by atoms with Crippen molar-refractivity contribution in [3.63, 3.8) is 0 Å². The summed E-state index contributed by atoms with van der Waals surface area (Å²) in [5.41, 5.74) is 2.50. The number of nitrogens with zero attached hydrogens (tertiary/aromatic N) is 3.